The first-order valence-corrected chi connectivity index (χ1v) is 6.46. The number of hydrogen-bond acceptors (Lipinski definition) is 5. The Hall–Kier alpha value is -0.970. The fourth-order valence-corrected chi connectivity index (χ4v) is 3.13. The maximum absolute atomic E-state index is 5.79. The van der Waals surface area contributed by atoms with E-state index in [1.165, 1.54) is 24.4 Å². The van der Waals surface area contributed by atoms with Gasteiger partial charge in [0.05, 0.1) is 7.11 Å². The summed E-state index contributed by atoms with van der Waals surface area (Å²) in [6.45, 7) is 5.61. The fraction of sp³-hybridized carbons (Fsp3) is 0.727. The van der Waals surface area contributed by atoms with E-state index in [1.54, 1.807) is 7.11 Å². The lowest BCUT2D eigenvalue weighted by molar-refractivity contribution is 0.380. The van der Waals surface area contributed by atoms with Gasteiger partial charge in [-0.3, -0.25) is 0 Å². The van der Waals surface area contributed by atoms with Gasteiger partial charge < -0.3 is 15.4 Å². The van der Waals surface area contributed by atoms with Gasteiger partial charge in [0.1, 0.15) is 0 Å². The largest absolute Gasteiger partial charge is 0.490 e. The fourth-order valence-electron chi connectivity index (χ4n) is 2.23. The van der Waals surface area contributed by atoms with Crippen LogP contribution < -0.4 is 15.4 Å². The van der Waals surface area contributed by atoms with E-state index in [2.05, 4.69) is 23.1 Å². The van der Waals surface area contributed by atoms with Crippen LogP contribution in [0.5, 0.6) is 5.75 Å². The van der Waals surface area contributed by atoms with Crippen molar-refractivity contribution in [1.29, 1.82) is 0 Å². The van der Waals surface area contributed by atoms with Gasteiger partial charge in [0, 0.05) is 12.6 Å². The Morgan fingerprint density at radius 3 is 2.88 bits per heavy atom. The van der Waals surface area contributed by atoms with Crippen LogP contribution in [-0.2, 0) is 0 Å². The van der Waals surface area contributed by atoms with Crippen molar-refractivity contribution in [2.75, 3.05) is 24.3 Å². The molecule has 1 fully saturated rings. The summed E-state index contributed by atoms with van der Waals surface area (Å²) in [5.41, 5.74) is 5.79. The molecule has 1 aliphatic rings. The van der Waals surface area contributed by atoms with Crippen LogP contribution in [0.4, 0.5) is 10.8 Å². The number of piperidine rings is 1. The molecule has 0 aliphatic carbocycles. The van der Waals surface area contributed by atoms with E-state index in [-0.39, 0.29) is 0 Å². The lowest BCUT2D eigenvalue weighted by atomic mass is 9.95. The van der Waals surface area contributed by atoms with Gasteiger partial charge in [-0.25, -0.2) is 0 Å². The summed E-state index contributed by atoms with van der Waals surface area (Å²) in [5.74, 6) is 1.98. The molecule has 1 aromatic rings. The van der Waals surface area contributed by atoms with E-state index < -0.39 is 0 Å². The van der Waals surface area contributed by atoms with Crippen LogP contribution in [0.25, 0.3) is 0 Å². The predicted octanol–water partition coefficient (Wildman–Crippen LogP) is 2.36. The van der Waals surface area contributed by atoms with Crippen molar-refractivity contribution in [3.63, 3.8) is 0 Å². The number of rotatable bonds is 2. The number of nitrogens with two attached hydrogens (primary N) is 1. The highest BCUT2D eigenvalue weighted by atomic mass is 32.1. The third-order valence-corrected chi connectivity index (χ3v) is 4.12. The van der Waals surface area contributed by atoms with Crippen LogP contribution in [-0.4, -0.2) is 24.1 Å². The summed E-state index contributed by atoms with van der Waals surface area (Å²) >= 11 is 1.44. The zero-order valence-electron chi connectivity index (χ0n) is 10.1. The second-order valence-electron chi connectivity index (χ2n) is 4.59. The van der Waals surface area contributed by atoms with Crippen LogP contribution in [0.1, 0.15) is 26.7 Å². The molecule has 2 unspecified atom stereocenters. The number of methoxy groups -OCH3 is 1. The highest BCUT2D eigenvalue weighted by molar-refractivity contribution is 7.11. The van der Waals surface area contributed by atoms with Gasteiger partial charge in [0.25, 0.3) is 0 Å². The predicted molar refractivity (Wildman–Crippen MR) is 68.3 cm³/mol. The number of anilines is 2. The Bertz CT molecular complexity index is 366. The SMILES string of the molecule is COc1c(N)nsc1N1CC(C)CCC1C. The van der Waals surface area contributed by atoms with Crippen molar-refractivity contribution in [3.05, 3.63) is 0 Å². The molecule has 0 saturated carbocycles. The number of nitrogen functional groups attached to an aromatic ring is 1. The van der Waals surface area contributed by atoms with E-state index in [4.69, 9.17) is 10.5 Å². The summed E-state index contributed by atoms with van der Waals surface area (Å²) in [6, 6.07) is 0.546. The normalized spacial score (nSPS) is 25.8. The summed E-state index contributed by atoms with van der Waals surface area (Å²) in [5, 5.41) is 1.08. The lowest BCUT2D eigenvalue weighted by Gasteiger charge is -2.37. The van der Waals surface area contributed by atoms with Crippen molar-refractivity contribution >= 4 is 22.4 Å². The topological polar surface area (TPSA) is 51.4 Å². The van der Waals surface area contributed by atoms with E-state index in [9.17, 15) is 0 Å². The van der Waals surface area contributed by atoms with E-state index in [1.807, 2.05) is 0 Å². The van der Waals surface area contributed by atoms with Gasteiger partial charge >= 0.3 is 0 Å². The molecule has 2 N–H and O–H groups in total. The number of aromatic nitrogens is 1. The molecule has 0 aromatic carbocycles. The Morgan fingerprint density at radius 1 is 1.44 bits per heavy atom. The molecule has 1 saturated heterocycles. The van der Waals surface area contributed by atoms with Gasteiger partial charge in [-0.2, -0.15) is 4.37 Å². The van der Waals surface area contributed by atoms with Crippen LogP contribution in [0.3, 0.4) is 0 Å². The van der Waals surface area contributed by atoms with Crippen molar-refractivity contribution in [3.8, 4) is 5.75 Å². The highest BCUT2D eigenvalue weighted by Gasteiger charge is 2.27. The van der Waals surface area contributed by atoms with Crippen LogP contribution in [0.15, 0.2) is 0 Å². The summed E-state index contributed by atoms with van der Waals surface area (Å²) < 4.78 is 9.51. The van der Waals surface area contributed by atoms with Crippen molar-refractivity contribution < 1.29 is 4.74 Å². The standard InChI is InChI=1S/C11H19N3OS/c1-7-4-5-8(2)14(6-7)11-9(15-3)10(12)13-16-11/h7-8H,4-6H2,1-3H3,(H2,12,13). The van der Waals surface area contributed by atoms with Gasteiger partial charge in [0.2, 0.25) is 0 Å². The van der Waals surface area contributed by atoms with Gasteiger partial charge in [0.15, 0.2) is 16.6 Å². The first kappa shape index (κ1) is 11.5. The van der Waals surface area contributed by atoms with Crippen molar-refractivity contribution in [2.45, 2.75) is 32.7 Å². The number of ether oxygens (including phenoxy) is 1. The minimum atomic E-state index is 0.507. The minimum absolute atomic E-state index is 0.507. The minimum Gasteiger partial charge on any atom is -0.490 e. The van der Waals surface area contributed by atoms with Crippen molar-refractivity contribution in [2.24, 2.45) is 5.92 Å². The third kappa shape index (κ3) is 1.96. The second-order valence-corrected chi connectivity index (χ2v) is 5.34. The number of nitrogens with zero attached hydrogens (tertiary/aromatic N) is 2. The first-order valence-electron chi connectivity index (χ1n) is 5.69. The van der Waals surface area contributed by atoms with Crippen molar-refractivity contribution in [1.82, 2.24) is 4.37 Å². The maximum Gasteiger partial charge on any atom is 0.197 e. The summed E-state index contributed by atoms with van der Waals surface area (Å²) in [4.78, 5) is 2.38. The average Bonchev–Trinajstić information content (AvgIpc) is 2.63. The van der Waals surface area contributed by atoms with Crippen LogP contribution in [0, 0.1) is 5.92 Å². The Kier molecular flexibility index (Phi) is 3.23. The smallest absolute Gasteiger partial charge is 0.197 e. The molecular formula is C11H19N3OS. The van der Waals surface area contributed by atoms with E-state index in [0.29, 0.717) is 11.9 Å². The molecule has 2 rings (SSSR count). The average molecular weight is 241 g/mol. The molecule has 4 nitrogen and oxygen atoms in total. The van der Waals surface area contributed by atoms with E-state index >= 15 is 0 Å². The molecule has 90 valence electrons. The Labute approximate surface area is 101 Å². The van der Waals surface area contributed by atoms with Gasteiger partial charge in [-0.15, -0.1) is 0 Å². The molecule has 1 aromatic heterocycles. The molecule has 16 heavy (non-hydrogen) atoms. The number of hydrogen-bond donors (Lipinski definition) is 1. The molecule has 2 heterocycles. The summed E-state index contributed by atoms with van der Waals surface area (Å²) in [6.07, 6.45) is 2.52. The highest BCUT2D eigenvalue weighted by Crippen LogP contribution is 2.41. The molecular weight excluding hydrogens is 222 g/mol. The summed E-state index contributed by atoms with van der Waals surface area (Å²) in [7, 11) is 1.65. The molecule has 2 atom stereocenters. The quantitative estimate of drug-likeness (QED) is 0.863. The first-order chi connectivity index (χ1) is 7.63. The monoisotopic (exact) mass is 241 g/mol. The molecule has 5 heteroatoms. The third-order valence-electron chi connectivity index (χ3n) is 3.24. The van der Waals surface area contributed by atoms with Gasteiger partial charge in [-0.1, -0.05) is 6.92 Å². The molecule has 0 amide bonds. The van der Waals surface area contributed by atoms with E-state index in [0.717, 1.165) is 23.2 Å². The van der Waals surface area contributed by atoms with Crippen LogP contribution in [0.2, 0.25) is 0 Å². The van der Waals surface area contributed by atoms with Gasteiger partial charge in [-0.05, 0) is 37.2 Å². The maximum atomic E-state index is 5.79. The molecule has 0 radical (unpaired) electrons. The lowest BCUT2D eigenvalue weighted by Crippen LogP contribution is -2.40. The Balaban J connectivity index is 2.27. The molecule has 1 aliphatic heterocycles. The zero-order valence-corrected chi connectivity index (χ0v) is 10.9. The molecule has 0 spiro atoms. The second kappa shape index (κ2) is 4.49. The zero-order chi connectivity index (χ0) is 11.7. The molecule has 0 bridgehead atoms. The van der Waals surface area contributed by atoms with Crippen LogP contribution >= 0.6 is 11.5 Å². The Morgan fingerprint density at radius 2 is 2.19 bits per heavy atom.